The average molecular weight is 377 g/mol. The number of rotatable bonds is 2. The van der Waals surface area contributed by atoms with Gasteiger partial charge in [-0.25, -0.2) is 4.99 Å². The molecule has 0 unspecified atom stereocenters. The van der Waals surface area contributed by atoms with Gasteiger partial charge in [0.15, 0.2) is 4.80 Å². The number of hydrogen-bond donors (Lipinski definition) is 0. The van der Waals surface area contributed by atoms with E-state index in [2.05, 4.69) is 30.7 Å². The van der Waals surface area contributed by atoms with E-state index in [9.17, 15) is 0 Å². The fraction of sp³-hybridized carbons (Fsp3) is 0.211. The molecule has 0 aliphatic carbocycles. The standard InChI is InChI=1S/C19H18Cl2N2S/c1-19(2,3)17-12-24-18(22-15-8-4-13(20)5-9-15)23(17)16-10-6-14(21)7-11-16/h4-12H,1-3H3. The molecule has 124 valence electrons. The highest BCUT2D eigenvalue weighted by molar-refractivity contribution is 7.07. The molecule has 3 rings (SSSR count). The monoisotopic (exact) mass is 376 g/mol. The smallest absolute Gasteiger partial charge is 0.194 e. The van der Waals surface area contributed by atoms with Gasteiger partial charge >= 0.3 is 0 Å². The maximum Gasteiger partial charge on any atom is 0.194 e. The fourth-order valence-electron chi connectivity index (χ4n) is 2.37. The quantitative estimate of drug-likeness (QED) is 0.493. The largest absolute Gasteiger partial charge is 0.289 e. The molecule has 0 N–H and O–H groups in total. The van der Waals surface area contributed by atoms with Crippen LogP contribution >= 0.6 is 34.5 Å². The Labute approximate surface area is 156 Å². The summed E-state index contributed by atoms with van der Waals surface area (Å²) in [5, 5.41) is 3.60. The van der Waals surface area contributed by atoms with Gasteiger partial charge in [0, 0.05) is 32.2 Å². The summed E-state index contributed by atoms with van der Waals surface area (Å²) in [6, 6.07) is 15.4. The van der Waals surface area contributed by atoms with Gasteiger partial charge in [0.25, 0.3) is 0 Å². The lowest BCUT2D eigenvalue weighted by molar-refractivity contribution is 0.553. The van der Waals surface area contributed by atoms with Gasteiger partial charge in [0.2, 0.25) is 0 Å². The highest BCUT2D eigenvalue weighted by Gasteiger charge is 2.20. The van der Waals surface area contributed by atoms with E-state index in [1.54, 1.807) is 11.3 Å². The van der Waals surface area contributed by atoms with Crippen molar-refractivity contribution < 1.29 is 0 Å². The zero-order valence-electron chi connectivity index (χ0n) is 13.8. The molecule has 0 bridgehead atoms. The summed E-state index contributed by atoms with van der Waals surface area (Å²) < 4.78 is 2.19. The van der Waals surface area contributed by atoms with Crippen molar-refractivity contribution in [3.8, 4) is 5.69 Å². The maximum atomic E-state index is 6.04. The number of hydrogen-bond acceptors (Lipinski definition) is 2. The Morgan fingerprint density at radius 3 is 1.96 bits per heavy atom. The van der Waals surface area contributed by atoms with Crippen molar-refractivity contribution in [2.45, 2.75) is 26.2 Å². The molecule has 0 radical (unpaired) electrons. The van der Waals surface area contributed by atoms with Crippen molar-refractivity contribution in [2.24, 2.45) is 4.99 Å². The highest BCUT2D eigenvalue weighted by Crippen LogP contribution is 2.26. The summed E-state index contributed by atoms with van der Waals surface area (Å²) in [5.41, 5.74) is 3.15. The fourth-order valence-corrected chi connectivity index (χ4v) is 3.77. The van der Waals surface area contributed by atoms with Crippen LogP contribution in [0.2, 0.25) is 10.0 Å². The Balaban J connectivity index is 2.22. The van der Waals surface area contributed by atoms with Gasteiger partial charge in [-0.1, -0.05) is 44.0 Å². The Hall–Kier alpha value is -1.55. The van der Waals surface area contributed by atoms with Crippen molar-refractivity contribution in [3.05, 3.63) is 74.5 Å². The first kappa shape index (κ1) is 17.3. The van der Waals surface area contributed by atoms with Crippen LogP contribution < -0.4 is 4.80 Å². The van der Waals surface area contributed by atoms with Crippen LogP contribution in [0.4, 0.5) is 5.69 Å². The predicted molar refractivity (Wildman–Crippen MR) is 104 cm³/mol. The molecule has 0 amide bonds. The van der Waals surface area contributed by atoms with Gasteiger partial charge in [-0.05, 0) is 48.5 Å². The summed E-state index contributed by atoms with van der Waals surface area (Å²) in [5.74, 6) is 0. The number of aromatic nitrogens is 1. The van der Waals surface area contributed by atoms with E-state index in [1.807, 2.05) is 48.5 Å². The molecule has 3 aromatic rings. The molecule has 0 aliphatic heterocycles. The molecule has 1 heterocycles. The second-order valence-corrected chi connectivity index (χ2v) is 8.26. The molecule has 0 saturated carbocycles. The van der Waals surface area contributed by atoms with Crippen LogP contribution in [-0.2, 0) is 5.41 Å². The molecule has 0 atom stereocenters. The zero-order chi connectivity index (χ0) is 17.3. The van der Waals surface area contributed by atoms with E-state index < -0.39 is 0 Å². The van der Waals surface area contributed by atoms with Crippen molar-refractivity contribution in [1.82, 2.24) is 4.57 Å². The Kier molecular flexibility index (Phi) is 4.86. The molecule has 0 spiro atoms. The molecular formula is C19H18Cl2N2S. The van der Waals surface area contributed by atoms with Crippen LogP contribution in [0.5, 0.6) is 0 Å². The third-order valence-electron chi connectivity index (χ3n) is 3.61. The van der Waals surface area contributed by atoms with Gasteiger partial charge in [-0.2, -0.15) is 0 Å². The molecule has 0 fully saturated rings. The summed E-state index contributed by atoms with van der Waals surface area (Å²) in [6.07, 6.45) is 0. The van der Waals surface area contributed by atoms with Crippen molar-refractivity contribution in [1.29, 1.82) is 0 Å². The van der Waals surface area contributed by atoms with E-state index in [0.717, 1.165) is 21.2 Å². The minimum atomic E-state index is 0.00387. The lowest BCUT2D eigenvalue weighted by Gasteiger charge is -2.21. The topological polar surface area (TPSA) is 17.3 Å². The maximum absolute atomic E-state index is 6.04. The van der Waals surface area contributed by atoms with Crippen LogP contribution in [-0.4, -0.2) is 4.57 Å². The molecule has 0 aliphatic rings. The van der Waals surface area contributed by atoms with E-state index in [4.69, 9.17) is 28.2 Å². The molecule has 2 nitrogen and oxygen atoms in total. The van der Waals surface area contributed by atoms with Gasteiger partial charge in [-0.15, -0.1) is 11.3 Å². The molecule has 5 heteroatoms. The predicted octanol–water partition coefficient (Wildman–Crippen LogP) is 6.38. The Morgan fingerprint density at radius 2 is 1.42 bits per heavy atom. The van der Waals surface area contributed by atoms with Gasteiger partial charge in [0.1, 0.15) is 0 Å². The SMILES string of the molecule is CC(C)(C)c1csc(=Nc2ccc(Cl)cc2)n1-c1ccc(Cl)cc1. The molecule has 0 saturated heterocycles. The summed E-state index contributed by atoms with van der Waals surface area (Å²) >= 11 is 13.6. The minimum absolute atomic E-state index is 0.00387. The molecule has 24 heavy (non-hydrogen) atoms. The van der Waals surface area contributed by atoms with E-state index in [-0.39, 0.29) is 5.41 Å². The van der Waals surface area contributed by atoms with Crippen LogP contribution in [0.3, 0.4) is 0 Å². The molecule has 2 aromatic carbocycles. The second-order valence-electron chi connectivity index (χ2n) is 6.55. The van der Waals surface area contributed by atoms with Crippen molar-refractivity contribution in [3.63, 3.8) is 0 Å². The van der Waals surface area contributed by atoms with Crippen LogP contribution in [0.1, 0.15) is 26.5 Å². The number of halogens is 2. The van der Waals surface area contributed by atoms with Crippen LogP contribution in [0, 0.1) is 0 Å². The number of nitrogens with zero attached hydrogens (tertiary/aromatic N) is 2. The first-order chi connectivity index (χ1) is 11.3. The first-order valence-corrected chi connectivity index (χ1v) is 9.25. The van der Waals surface area contributed by atoms with E-state index in [0.29, 0.717) is 5.02 Å². The normalized spacial score (nSPS) is 12.6. The van der Waals surface area contributed by atoms with E-state index in [1.165, 1.54) is 5.69 Å². The van der Waals surface area contributed by atoms with Crippen LogP contribution in [0.15, 0.2) is 58.9 Å². The lowest BCUT2D eigenvalue weighted by Crippen LogP contribution is -2.23. The summed E-state index contributed by atoms with van der Waals surface area (Å²) in [7, 11) is 0. The minimum Gasteiger partial charge on any atom is -0.289 e. The average Bonchev–Trinajstić information content (AvgIpc) is 2.94. The molecular weight excluding hydrogens is 359 g/mol. The number of thiazole rings is 1. The van der Waals surface area contributed by atoms with Crippen molar-refractivity contribution >= 4 is 40.2 Å². The molecule has 1 aromatic heterocycles. The zero-order valence-corrected chi connectivity index (χ0v) is 16.1. The van der Waals surface area contributed by atoms with Crippen molar-refractivity contribution in [2.75, 3.05) is 0 Å². The Morgan fingerprint density at radius 1 is 0.875 bits per heavy atom. The first-order valence-electron chi connectivity index (χ1n) is 7.62. The van der Waals surface area contributed by atoms with Crippen LogP contribution in [0.25, 0.3) is 5.69 Å². The van der Waals surface area contributed by atoms with Gasteiger partial charge in [0.05, 0.1) is 5.69 Å². The lowest BCUT2D eigenvalue weighted by atomic mass is 9.93. The second kappa shape index (κ2) is 6.75. The number of benzene rings is 2. The summed E-state index contributed by atoms with van der Waals surface area (Å²) in [4.78, 5) is 5.73. The van der Waals surface area contributed by atoms with Gasteiger partial charge < -0.3 is 0 Å². The van der Waals surface area contributed by atoms with Gasteiger partial charge in [-0.3, -0.25) is 4.57 Å². The third kappa shape index (κ3) is 3.75. The van der Waals surface area contributed by atoms with E-state index >= 15 is 0 Å². The summed E-state index contributed by atoms with van der Waals surface area (Å²) in [6.45, 7) is 6.61. The highest BCUT2D eigenvalue weighted by atomic mass is 35.5. The third-order valence-corrected chi connectivity index (χ3v) is 4.94. The Bertz CT molecular complexity index is 898.